The Balaban J connectivity index is 1.59. The van der Waals surface area contributed by atoms with Crippen LogP contribution in [0.3, 0.4) is 0 Å². The summed E-state index contributed by atoms with van der Waals surface area (Å²) in [5.74, 6) is 1.26. The van der Waals surface area contributed by atoms with Crippen molar-refractivity contribution in [2.24, 2.45) is 0 Å². The van der Waals surface area contributed by atoms with Gasteiger partial charge in [0.1, 0.15) is 11.6 Å². The predicted octanol–water partition coefficient (Wildman–Crippen LogP) is 4.46. The Morgan fingerprint density at radius 3 is 2.74 bits per heavy atom. The first-order valence-electron chi connectivity index (χ1n) is 9.13. The van der Waals surface area contributed by atoms with Gasteiger partial charge in [0.25, 0.3) is 5.91 Å². The van der Waals surface area contributed by atoms with Crippen LogP contribution in [-0.2, 0) is 11.3 Å². The highest BCUT2D eigenvalue weighted by Crippen LogP contribution is 2.27. The number of carbonyl (C=O) groups excluding carboxylic acids is 1. The number of carbonyl (C=O) groups is 1. The number of benzene rings is 1. The molecule has 1 atom stereocenters. The smallest absolute Gasteiger partial charge is 0.261 e. The molecule has 144 valence electrons. The Labute approximate surface area is 169 Å². The van der Waals surface area contributed by atoms with Gasteiger partial charge < -0.3 is 15.0 Å². The molecule has 1 aromatic carbocycles. The highest BCUT2D eigenvalue weighted by Gasteiger charge is 2.18. The molecule has 1 saturated heterocycles. The zero-order chi connectivity index (χ0) is 19.2. The first kappa shape index (κ1) is 19.8. The Morgan fingerprint density at radius 1 is 1.22 bits per heavy atom. The van der Waals surface area contributed by atoms with E-state index in [0.717, 1.165) is 24.5 Å². The van der Waals surface area contributed by atoms with Gasteiger partial charge in [0.05, 0.1) is 10.0 Å². The van der Waals surface area contributed by atoms with Crippen molar-refractivity contribution in [1.82, 2.24) is 10.3 Å². The van der Waals surface area contributed by atoms with Crippen LogP contribution in [0.5, 0.6) is 5.75 Å². The summed E-state index contributed by atoms with van der Waals surface area (Å²) in [6.45, 7) is 4.13. The molecule has 0 bridgehead atoms. The van der Waals surface area contributed by atoms with E-state index in [1.807, 2.05) is 12.1 Å². The zero-order valence-corrected chi connectivity index (χ0v) is 16.8. The first-order valence-corrected chi connectivity index (χ1v) is 9.88. The molecule has 3 rings (SSSR count). The lowest BCUT2D eigenvalue weighted by Gasteiger charge is -2.29. The maximum atomic E-state index is 12.4. The molecule has 0 aliphatic carbocycles. The first-order chi connectivity index (χ1) is 13.0. The van der Waals surface area contributed by atoms with E-state index in [2.05, 4.69) is 15.2 Å². The Hall–Kier alpha value is -1.98. The third-order valence-electron chi connectivity index (χ3n) is 4.55. The van der Waals surface area contributed by atoms with Crippen LogP contribution in [0, 0.1) is 0 Å². The Kier molecular flexibility index (Phi) is 6.80. The molecule has 1 fully saturated rings. The molecule has 1 amide bonds. The SMILES string of the molecule is CC(Oc1ccc(Cl)c(Cl)c1)C(=O)NCc1cccnc1N1CCCCC1. The number of nitrogens with zero attached hydrogens (tertiary/aromatic N) is 2. The Bertz CT molecular complexity index is 795. The van der Waals surface area contributed by atoms with Crippen molar-refractivity contribution in [3.63, 3.8) is 0 Å². The van der Waals surface area contributed by atoms with Crippen molar-refractivity contribution in [1.29, 1.82) is 0 Å². The summed E-state index contributed by atoms with van der Waals surface area (Å²) in [7, 11) is 0. The third kappa shape index (κ3) is 5.27. The van der Waals surface area contributed by atoms with Crippen LogP contribution in [0.4, 0.5) is 5.82 Å². The molecule has 1 N–H and O–H groups in total. The lowest BCUT2D eigenvalue weighted by molar-refractivity contribution is -0.127. The molecule has 7 heteroatoms. The molecule has 1 aliphatic rings. The monoisotopic (exact) mass is 407 g/mol. The molecule has 1 aliphatic heterocycles. The second-order valence-electron chi connectivity index (χ2n) is 6.59. The third-order valence-corrected chi connectivity index (χ3v) is 5.29. The quantitative estimate of drug-likeness (QED) is 0.767. The van der Waals surface area contributed by atoms with Crippen LogP contribution in [-0.4, -0.2) is 30.1 Å². The molecular formula is C20H23Cl2N3O2. The molecule has 2 aromatic rings. The van der Waals surface area contributed by atoms with E-state index in [1.165, 1.54) is 19.3 Å². The van der Waals surface area contributed by atoms with Gasteiger partial charge in [-0.25, -0.2) is 4.98 Å². The normalized spacial score (nSPS) is 15.3. The summed E-state index contributed by atoms with van der Waals surface area (Å²) in [6, 6.07) is 8.83. The van der Waals surface area contributed by atoms with E-state index in [4.69, 9.17) is 27.9 Å². The minimum absolute atomic E-state index is 0.200. The highest BCUT2D eigenvalue weighted by atomic mass is 35.5. The van der Waals surface area contributed by atoms with E-state index < -0.39 is 6.10 Å². The van der Waals surface area contributed by atoms with Crippen molar-refractivity contribution in [2.75, 3.05) is 18.0 Å². The average Bonchev–Trinajstić information content (AvgIpc) is 2.69. The summed E-state index contributed by atoms with van der Waals surface area (Å²) in [5, 5.41) is 3.77. The van der Waals surface area contributed by atoms with Crippen LogP contribution in [0.15, 0.2) is 36.5 Å². The van der Waals surface area contributed by atoms with Crippen molar-refractivity contribution in [2.45, 2.75) is 38.8 Å². The molecule has 0 radical (unpaired) electrons. The molecule has 1 aromatic heterocycles. The standard InChI is InChI=1S/C20H23Cl2N3O2/c1-14(27-16-7-8-17(21)18(22)12-16)20(26)24-13-15-6-5-9-23-19(15)25-10-3-2-4-11-25/h5-9,12,14H,2-4,10-11,13H2,1H3,(H,24,26). The zero-order valence-electron chi connectivity index (χ0n) is 15.3. The number of ether oxygens (including phenoxy) is 1. The van der Waals surface area contributed by atoms with Crippen molar-refractivity contribution in [3.8, 4) is 5.75 Å². The van der Waals surface area contributed by atoms with Gasteiger partial charge in [-0.3, -0.25) is 4.79 Å². The van der Waals surface area contributed by atoms with E-state index in [-0.39, 0.29) is 5.91 Å². The van der Waals surface area contributed by atoms with Crippen molar-refractivity contribution >= 4 is 34.9 Å². The summed E-state index contributed by atoms with van der Waals surface area (Å²) in [6.07, 6.45) is 4.76. The number of rotatable bonds is 6. The summed E-state index contributed by atoms with van der Waals surface area (Å²) in [4.78, 5) is 19.3. The lowest BCUT2D eigenvalue weighted by atomic mass is 10.1. The van der Waals surface area contributed by atoms with E-state index in [9.17, 15) is 4.79 Å². The minimum Gasteiger partial charge on any atom is -0.481 e. The van der Waals surface area contributed by atoms with Crippen LogP contribution < -0.4 is 15.0 Å². The van der Waals surface area contributed by atoms with Gasteiger partial charge in [-0.15, -0.1) is 0 Å². The average molecular weight is 408 g/mol. The number of amides is 1. The molecular weight excluding hydrogens is 385 g/mol. The van der Waals surface area contributed by atoms with Gasteiger partial charge in [0.15, 0.2) is 6.10 Å². The fourth-order valence-corrected chi connectivity index (χ4v) is 3.38. The van der Waals surface area contributed by atoms with E-state index in [0.29, 0.717) is 22.3 Å². The second-order valence-corrected chi connectivity index (χ2v) is 7.40. The van der Waals surface area contributed by atoms with Crippen LogP contribution >= 0.6 is 23.2 Å². The number of halogens is 2. The van der Waals surface area contributed by atoms with Crippen molar-refractivity contribution in [3.05, 3.63) is 52.1 Å². The molecule has 0 spiro atoms. The van der Waals surface area contributed by atoms with E-state index in [1.54, 1.807) is 31.3 Å². The molecule has 0 saturated carbocycles. The highest BCUT2D eigenvalue weighted by molar-refractivity contribution is 6.42. The summed E-state index contributed by atoms with van der Waals surface area (Å²) < 4.78 is 5.67. The Morgan fingerprint density at radius 2 is 2.00 bits per heavy atom. The number of hydrogen-bond acceptors (Lipinski definition) is 4. The van der Waals surface area contributed by atoms with Crippen LogP contribution in [0.1, 0.15) is 31.7 Å². The van der Waals surface area contributed by atoms with E-state index >= 15 is 0 Å². The largest absolute Gasteiger partial charge is 0.481 e. The fraction of sp³-hybridized carbons (Fsp3) is 0.400. The number of hydrogen-bond donors (Lipinski definition) is 1. The second kappa shape index (κ2) is 9.29. The number of piperidine rings is 1. The maximum Gasteiger partial charge on any atom is 0.261 e. The van der Waals surface area contributed by atoms with Gasteiger partial charge in [-0.05, 0) is 44.4 Å². The molecule has 27 heavy (non-hydrogen) atoms. The predicted molar refractivity (Wildman–Crippen MR) is 109 cm³/mol. The van der Waals surface area contributed by atoms with Gasteiger partial charge in [0, 0.05) is 37.5 Å². The summed E-state index contributed by atoms with van der Waals surface area (Å²) in [5.41, 5.74) is 1.01. The molecule has 1 unspecified atom stereocenters. The van der Waals surface area contributed by atoms with Gasteiger partial charge in [0.2, 0.25) is 0 Å². The number of anilines is 1. The topological polar surface area (TPSA) is 54.5 Å². The van der Waals surface area contributed by atoms with Gasteiger partial charge in [-0.1, -0.05) is 29.3 Å². The number of nitrogens with one attached hydrogen (secondary N) is 1. The van der Waals surface area contributed by atoms with Gasteiger partial charge >= 0.3 is 0 Å². The lowest BCUT2D eigenvalue weighted by Crippen LogP contribution is -2.37. The summed E-state index contributed by atoms with van der Waals surface area (Å²) >= 11 is 11.9. The van der Waals surface area contributed by atoms with Gasteiger partial charge in [-0.2, -0.15) is 0 Å². The van der Waals surface area contributed by atoms with Crippen molar-refractivity contribution < 1.29 is 9.53 Å². The number of pyridine rings is 1. The number of aromatic nitrogens is 1. The minimum atomic E-state index is -0.655. The molecule has 5 nitrogen and oxygen atoms in total. The maximum absolute atomic E-state index is 12.4. The van der Waals surface area contributed by atoms with Crippen LogP contribution in [0.25, 0.3) is 0 Å². The molecule has 2 heterocycles. The fourth-order valence-electron chi connectivity index (χ4n) is 3.09. The van der Waals surface area contributed by atoms with Crippen LogP contribution in [0.2, 0.25) is 10.0 Å².